The van der Waals surface area contributed by atoms with Crippen LogP contribution in [0.1, 0.15) is 47.2 Å². The summed E-state index contributed by atoms with van der Waals surface area (Å²) in [5.74, 6) is 0.225. The number of benzene rings is 1. The molecule has 1 atom stereocenters. The molecule has 0 spiro atoms. The van der Waals surface area contributed by atoms with Crippen molar-refractivity contribution >= 4 is 17.6 Å². The minimum Gasteiger partial charge on any atom is -0.497 e. The Kier molecular flexibility index (Phi) is 7.02. The van der Waals surface area contributed by atoms with Gasteiger partial charge in [0.2, 0.25) is 5.91 Å². The van der Waals surface area contributed by atoms with Crippen molar-refractivity contribution in [3.05, 3.63) is 65.2 Å². The summed E-state index contributed by atoms with van der Waals surface area (Å²) < 4.78 is 14.0. The number of rotatable bonds is 8. The van der Waals surface area contributed by atoms with E-state index in [0.29, 0.717) is 23.6 Å². The number of methoxy groups -OCH3 is 1. The van der Waals surface area contributed by atoms with Gasteiger partial charge >= 0.3 is 5.97 Å². The van der Waals surface area contributed by atoms with Crippen LogP contribution < -0.4 is 9.64 Å². The summed E-state index contributed by atoms with van der Waals surface area (Å²) >= 11 is 0. The van der Waals surface area contributed by atoms with Gasteiger partial charge in [-0.3, -0.25) is 9.48 Å². The maximum absolute atomic E-state index is 13.6. The first-order valence-corrected chi connectivity index (χ1v) is 10.5. The van der Waals surface area contributed by atoms with Gasteiger partial charge in [0.25, 0.3) is 0 Å². The number of amides is 1. The van der Waals surface area contributed by atoms with Gasteiger partial charge in [-0.25, -0.2) is 4.79 Å². The van der Waals surface area contributed by atoms with Crippen LogP contribution in [0.3, 0.4) is 0 Å². The molecule has 0 radical (unpaired) electrons. The third-order valence-electron chi connectivity index (χ3n) is 5.56. The van der Waals surface area contributed by atoms with E-state index >= 15 is 0 Å². The molecule has 0 bridgehead atoms. The third kappa shape index (κ3) is 4.69. The standard InChI is InChI=1S/C24H30N4O4/c1-7-32-24(30)22-11-16(2)27(18(22)4)15-23(29)28(20-13-25-26(5)14-20)17(3)19-9-8-10-21(12-19)31-6/h8-14,17H,7,15H2,1-6H3. The van der Waals surface area contributed by atoms with E-state index in [-0.39, 0.29) is 24.5 Å². The molecule has 8 heteroatoms. The molecule has 0 fully saturated rings. The topological polar surface area (TPSA) is 78.6 Å². The fraction of sp³-hybridized carbons (Fsp3) is 0.375. The van der Waals surface area contributed by atoms with Crippen molar-refractivity contribution in [1.29, 1.82) is 0 Å². The van der Waals surface area contributed by atoms with Crippen molar-refractivity contribution < 1.29 is 19.1 Å². The second-order valence-corrected chi connectivity index (χ2v) is 7.68. The molecule has 0 N–H and O–H groups in total. The van der Waals surface area contributed by atoms with Crippen molar-refractivity contribution in [2.75, 3.05) is 18.6 Å². The summed E-state index contributed by atoms with van der Waals surface area (Å²) in [6.45, 7) is 7.83. The minimum absolute atomic E-state index is 0.0836. The maximum Gasteiger partial charge on any atom is 0.339 e. The first kappa shape index (κ1) is 23.1. The second-order valence-electron chi connectivity index (χ2n) is 7.68. The third-order valence-corrected chi connectivity index (χ3v) is 5.56. The van der Waals surface area contributed by atoms with E-state index in [1.54, 1.807) is 35.9 Å². The zero-order valence-corrected chi connectivity index (χ0v) is 19.5. The Morgan fingerprint density at radius 1 is 1.22 bits per heavy atom. The normalized spacial score (nSPS) is 11.8. The minimum atomic E-state index is -0.381. The lowest BCUT2D eigenvalue weighted by Crippen LogP contribution is -2.36. The molecule has 0 saturated heterocycles. The van der Waals surface area contributed by atoms with E-state index in [1.165, 1.54) is 0 Å². The maximum atomic E-state index is 13.6. The number of aromatic nitrogens is 3. The second kappa shape index (κ2) is 9.72. The largest absolute Gasteiger partial charge is 0.497 e. The van der Waals surface area contributed by atoms with Crippen LogP contribution in [0.5, 0.6) is 5.75 Å². The van der Waals surface area contributed by atoms with Crippen LogP contribution in [0.2, 0.25) is 0 Å². The van der Waals surface area contributed by atoms with Gasteiger partial charge in [0.05, 0.1) is 37.2 Å². The van der Waals surface area contributed by atoms with Crippen LogP contribution in [0.25, 0.3) is 0 Å². The van der Waals surface area contributed by atoms with Gasteiger partial charge in [0.1, 0.15) is 12.3 Å². The molecule has 2 heterocycles. The quantitative estimate of drug-likeness (QED) is 0.500. The van der Waals surface area contributed by atoms with Gasteiger partial charge in [-0.1, -0.05) is 12.1 Å². The number of ether oxygens (including phenoxy) is 2. The monoisotopic (exact) mass is 438 g/mol. The fourth-order valence-corrected chi connectivity index (χ4v) is 3.84. The lowest BCUT2D eigenvalue weighted by molar-refractivity contribution is -0.119. The van der Waals surface area contributed by atoms with Crippen LogP contribution in [0, 0.1) is 13.8 Å². The molecule has 32 heavy (non-hydrogen) atoms. The van der Waals surface area contributed by atoms with Crippen LogP contribution in [-0.2, 0) is 23.1 Å². The number of anilines is 1. The number of carbonyl (C=O) groups is 2. The van der Waals surface area contributed by atoms with Gasteiger partial charge in [-0.05, 0) is 51.5 Å². The predicted octanol–water partition coefficient (Wildman–Crippen LogP) is 3.82. The van der Waals surface area contributed by atoms with Crippen molar-refractivity contribution in [3.8, 4) is 5.75 Å². The molecule has 1 amide bonds. The Morgan fingerprint density at radius 3 is 2.59 bits per heavy atom. The van der Waals surface area contributed by atoms with Crippen LogP contribution >= 0.6 is 0 Å². The average Bonchev–Trinajstić information content (AvgIpc) is 3.32. The Morgan fingerprint density at radius 2 is 1.97 bits per heavy atom. The molecular formula is C24H30N4O4. The Labute approximate surface area is 188 Å². The van der Waals surface area contributed by atoms with Gasteiger partial charge in [0.15, 0.2) is 0 Å². The molecule has 8 nitrogen and oxygen atoms in total. The highest BCUT2D eigenvalue weighted by Crippen LogP contribution is 2.29. The Bertz CT molecular complexity index is 1120. The Hall–Kier alpha value is -3.55. The van der Waals surface area contributed by atoms with E-state index in [4.69, 9.17) is 9.47 Å². The summed E-state index contributed by atoms with van der Waals surface area (Å²) in [6.07, 6.45) is 3.49. The number of hydrogen-bond acceptors (Lipinski definition) is 5. The lowest BCUT2D eigenvalue weighted by atomic mass is 10.1. The summed E-state index contributed by atoms with van der Waals surface area (Å²) in [7, 11) is 3.43. The molecule has 0 saturated carbocycles. The molecule has 0 aliphatic heterocycles. The highest BCUT2D eigenvalue weighted by Gasteiger charge is 2.27. The van der Waals surface area contributed by atoms with Gasteiger partial charge in [-0.15, -0.1) is 0 Å². The predicted molar refractivity (Wildman–Crippen MR) is 122 cm³/mol. The number of hydrogen-bond donors (Lipinski definition) is 0. The Balaban J connectivity index is 1.96. The summed E-state index contributed by atoms with van der Waals surface area (Å²) in [5.41, 5.74) is 3.63. The summed E-state index contributed by atoms with van der Waals surface area (Å²) in [5, 5.41) is 4.25. The summed E-state index contributed by atoms with van der Waals surface area (Å²) in [4.78, 5) is 27.6. The van der Waals surface area contributed by atoms with E-state index in [9.17, 15) is 9.59 Å². The zero-order valence-electron chi connectivity index (χ0n) is 19.5. The number of nitrogens with zero attached hydrogens (tertiary/aromatic N) is 4. The highest BCUT2D eigenvalue weighted by atomic mass is 16.5. The first-order chi connectivity index (χ1) is 15.3. The van der Waals surface area contributed by atoms with Crippen molar-refractivity contribution in [2.24, 2.45) is 7.05 Å². The number of aryl methyl sites for hydroxylation is 2. The van der Waals surface area contributed by atoms with Crippen LogP contribution in [0.15, 0.2) is 42.7 Å². The fourth-order valence-electron chi connectivity index (χ4n) is 3.84. The van der Waals surface area contributed by atoms with E-state index in [1.807, 2.05) is 62.8 Å². The SMILES string of the molecule is CCOC(=O)c1cc(C)n(CC(=O)N(c2cnn(C)c2)C(C)c2cccc(OC)c2)c1C. The average molecular weight is 439 g/mol. The molecule has 1 aromatic carbocycles. The van der Waals surface area contributed by atoms with Gasteiger partial charge < -0.3 is 18.9 Å². The van der Waals surface area contributed by atoms with Gasteiger partial charge in [-0.2, -0.15) is 5.10 Å². The molecular weight excluding hydrogens is 408 g/mol. The first-order valence-electron chi connectivity index (χ1n) is 10.5. The van der Waals surface area contributed by atoms with E-state index in [2.05, 4.69) is 5.10 Å². The zero-order chi connectivity index (χ0) is 23.4. The molecule has 1 unspecified atom stereocenters. The lowest BCUT2D eigenvalue weighted by Gasteiger charge is -2.29. The van der Waals surface area contributed by atoms with Crippen molar-refractivity contribution in [2.45, 2.75) is 40.3 Å². The molecule has 2 aromatic heterocycles. The summed E-state index contributed by atoms with van der Waals surface area (Å²) in [6, 6.07) is 9.17. The van der Waals surface area contributed by atoms with Crippen LogP contribution in [-0.4, -0.2) is 39.9 Å². The van der Waals surface area contributed by atoms with E-state index < -0.39 is 0 Å². The number of esters is 1. The molecule has 170 valence electrons. The smallest absolute Gasteiger partial charge is 0.339 e. The number of carbonyl (C=O) groups excluding carboxylic acids is 2. The van der Waals surface area contributed by atoms with Gasteiger partial charge in [0, 0.05) is 24.6 Å². The van der Waals surface area contributed by atoms with E-state index in [0.717, 1.165) is 17.0 Å². The van der Waals surface area contributed by atoms with Crippen molar-refractivity contribution in [3.63, 3.8) is 0 Å². The molecule has 3 rings (SSSR count). The highest BCUT2D eigenvalue weighted by molar-refractivity contribution is 5.95. The molecule has 0 aliphatic carbocycles. The van der Waals surface area contributed by atoms with Crippen molar-refractivity contribution in [1.82, 2.24) is 14.3 Å². The molecule has 3 aromatic rings. The molecule has 0 aliphatic rings. The van der Waals surface area contributed by atoms with Crippen LogP contribution in [0.4, 0.5) is 5.69 Å².